The molecule has 2 aromatic carbocycles. The minimum atomic E-state index is -3.47. The minimum Gasteiger partial charge on any atom is -0.353 e. The average Bonchev–Trinajstić information content (AvgIpc) is 2.78. The van der Waals surface area contributed by atoms with Crippen molar-refractivity contribution in [1.82, 2.24) is 9.62 Å². The monoisotopic (exact) mass is 426 g/mol. The second kappa shape index (κ2) is 10.5. The van der Waals surface area contributed by atoms with E-state index in [4.69, 9.17) is 0 Å². The summed E-state index contributed by atoms with van der Waals surface area (Å²) in [6.07, 6.45) is 4.52. The fourth-order valence-electron chi connectivity index (χ4n) is 3.65. The van der Waals surface area contributed by atoms with Gasteiger partial charge >= 0.3 is 0 Å². The molecular weight excluding hydrogens is 396 g/mol. The minimum absolute atomic E-state index is 0.0347. The molecule has 30 heavy (non-hydrogen) atoms. The van der Waals surface area contributed by atoms with E-state index in [0.29, 0.717) is 25.9 Å². The van der Waals surface area contributed by atoms with Gasteiger partial charge in [-0.2, -0.15) is 4.31 Å². The summed E-state index contributed by atoms with van der Waals surface area (Å²) in [6, 6.07) is 19.7. The van der Waals surface area contributed by atoms with Crippen molar-refractivity contribution < 1.29 is 13.2 Å². The molecule has 1 aliphatic rings. The summed E-state index contributed by atoms with van der Waals surface area (Å²) >= 11 is 0. The number of carbonyl (C=O) groups excluding carboxylic acids is 1. The molecule has 1 saturated heterocycles. The molecule has 1 N–H and O–H groups in total. The molecule has 160 valence electrons. The summed E-state index contributed by atoms with van der Waals surface area (Å²) in [5.74, 6) is -0.0961. The number of aryl methyl sites for hydroxylation is 1. The molecule has 1 unspecified atom stereocenters. The maximum atomic E-state index is 12.6. The van der Waals surface area contributed by atoms with Crippen molar-refractivity contribution in [1.29, 1.82) is 0 Å². The fourth-order valence-corrected chi connectivity index (χ4v) is 4.87. The van der Waals surface area contributed by atoms with E-state index in [9.17, 15) is 13.2 Å². The largest absolute Gasteiger partial charge is 0.353 e. The fraction of sp³-hybridized carbons (Fsp3) is 0.375. The van der Waals surface area contributed by atoms with Crippen molar-refractivity contribution in [3.8, 4) is 0 Å². The van der Waals surface area contributed by atoms with Crippen LogP contribution in [0.1, 0.15) is 37.3 Å². The van der Waals surface area contributed by atoms with Crippen LogP contribution in [0.15, 0.2) is 66.1 Å². The van der Waals surface area contributed by atoms with Gasteiger partial charge in [0, 0.05) is 30.5 Å². The molecular formula is C24H30N2O3S. The van der Waals surface area contributed by atoms with Crippen LogP contribution in [0.4, 0.5) is 0 Å². The predicted octanol–water partition coefficient (Wildman–Crippen LogP) is 3.84. The normalized spacial score (nSPS) is 17.1. The van der Waals surface area contributed by atoms with Gasteiger partial charge in [0.2, 0.25) is 15.9 Å². The van der Waals surface area contributed by atoms with Crippen molar-refractivity contribution in [2.24, 2.45) is 5.92 Å². The Hall–Kier alpha value is -2.44. The zero-order chi connectivity index (χ0) is 21.4. The van der Waals surface area contributed by atoms with Crippen LogP contribution in [-0.4, -0.2) is 37.8 Å². The summed E-state index contributed by atoms with van der Waals surface area (Å²) < 4.78 is 26.6. The lowest BCUT2D eigenvalue weighted by molar-refractivity contribution is -0.126. The van der Waals surface area contributed by atoms with E-state index in [2.05, 4.69) is 17.4 Å². The first-order valence-corrected chi connectivity index (χ1v) is 12.0. The Kier molecular flexibility index (Phi) is 7.82. The lowest BCUT2D eigenvalue weighted by Crippen LogP contribution is -2.44. The topological polar surface area (TPSA) is 66.5 Å². The first kappa shape index (κ1) is 22.2. The van der Waals surface area contributed by atoms with E-state index in [-0.39, 0.29) is 17.9 Å². The zero-order valence-electron chi connectivity index (χ0n) is 17.4. The number of hydrogen-bond acceptors (Lipinski definition) is 3. The van der Waals surface area contributed by atoms with E-state index >= 15 is 0 Å². The number of sulfonamides is 1. The smallest absolute Gasteiger partial charge is 0.236 e. The molecule has 1 fully saturated rings. The highest BCUT2D eigenvalue weighted by molar-refractivity contribution is 7.92. The third-order valence-electron chi connectivity index (χ3n) is 5.51. The Morgan fingerprint density at radius 2 is 1.67 bits per heavy atom. The van der Waals surface area contributed by atoms with E-state index in [0.717, 1.165) is 18.4 Å². The van der Waals surface area contributed by atoms with Gasteiger partial charge in [-0.25, -0.2) is 8.42 Å². The summed E-state index contributed by atoms with van der Waals surface area (Å²) in [7, 11) is -3.47. The van der Waals surface area contributed by atoms with Gasteiger partial charge < -0.3 is 5.32 Å². The highest BCUT2D eigenvalue weighted by Crippen LogP contribution is 2.21. The second-order valence-electron chi connectivity index (χ2n) is 7.87. The molecule has 0 aliphatic carbocycles. The van der Waals surface area contributed by atoms with Crippen molar-refractivity contribution in [2.75, 3.05) is 13.1 Å². The second-order valence-corrected chi connectivity index (χ2v) is 9.68. The lowest BCUT2D eigenvalue weighted by Gasteiger charge is -2.30. The van der Waals surface area contributed by atoms with Crippen LogP contribution in [0.5, 0.6) is 0 Å². The Bertz CT molecular complexity index is 935. The van der Waals surface area contributed by atoms with Crippen LogP contribution in [0.25, 0.3) is 6.08 Å². The molecule has 0 bridgehead atoms. The maximum absolute atomic E-state index is 12.6. The molecule has 0 radical (unpaired) electrons. The highest BCUT2D eigenvalue weighted by atomic mass is 32.2. The number of rotatable bonds is 8. The zero-order valence-corrected chi connectivity index (χ0v) is 18.2. The van der Waals surface area contributed by atoms with Gasteiger partial charge in [0.1, 0.15) is 0 Å². The lowest BCUT2D eigenvalue weighted by atomic mass is 9.96. The maximum Gasteiger partial charge on any atom is 0.236 e. The third kappa shape index (κ3) is 6.54. The van der Waals surface area contributed by atoms with Gasteiger partial charge in [-0.05, 0) is 49.8 Å². The average molecular weight is 427 g/mol. The molecule has 1 amide bonds. The standard InChI is InChI=1S/C24H30N2O3S/c1-20(12-13-21-8-4-2-5-9-21)25-24(27)23-14-17-26(18-15-23)30(28,29)19-16-22-10-6-3-7-11-22/h2-11,16,19-20,23H,12-15,17-18H2,1H3,(H,25,27)/b19-16+. The molecule has 0 aromatic heterocycles. The van der Waals surface area contributed by atoms with Crippen LogP contribution in [0, 0.1) is 5.92 Å². The number of piperidine rings is 1. The quantitative estimate of drug-likeness (QED) is 0.697. The summed E-state index contributed by atoms with van der Waals surface area (Å²) in [4.78, 5) is 12.6. The molecule has 5 nitrogen and oxygen atoms in total. The van der Waals surface area contributed by atoms with Crippen LogP contribution in [-0.2, 0) is 21.2 Å². The van der Waals surface area contributed by atoms with Crippen LogP contribution in [0.3, 0.4) is 0 Å². The summed E-state index contributed by atoms with van der Waals surface area (Å²) in [5, 5.41) is 4.36. The number of hydrogen-bond donors (Lipinski definition) is 1. The van der Waals surface area contributed by atoms with Gasteiger partial charge in [-0.1, -0.05) is 60.7 Å². The summed E-state index contributed by atoms with van der Waals surface area (Å²) in [6.45, 7) is 2.77. The molecule has 2 aromatic rings. The Morgan fingerprint density at radius 3 is 2.30 bits per heavy atom. The van der Waals surface area contributed by atoms with Gasteiger partial charge in [0.15, 0.2) is 0 Å². The molecule has 3 rings (SSSR count). The molecule has 6 heteroatoms. The number of carbonyl (C=O) groups is 1. The predicted molar refractivity (Wildman–Crippen MR) is 121 cm³/mol. The first-order valence-electron chi connectivity index (χ1n) is 10.5. The van der Waals surface area contributed by atoms with Crippen LogP contribution >= 0.6 is 0 Å². The van der Waals surface area contributed by atoms with Crippen LogP contribution in [0.2, 0.25) is 0 Å². The van der Waals surface area contributed by atoms with Crippen LogP contribution < -0.4 is 5.32 Å². The van der Waals surface area contributed by atoms with Crippen molar-refractivity contribution in [3.05, 3.63) is 77.2 Å². The third-order valence-corrected chi connectivity index (χ3v) is 7.08. The molecule has 1 atom stereocenters. The van der Waals surface area contributed by atoms with E-state index < -0.39 is 10.0 Å². The van der Waals surface area contributed by atoms with E-state index in [1.165, 1.54) is 15.3 Å². The Morgan fingerprint density at radius 1 is 1.07 bits per heavy atom. The van der Waals surface area contributed by atoms with E-state index in [1.807, 2.05) is 55.5 Å². The Labute approximate surface area is 179 Å². The van der Waals surface area contributed by atoms with Gasteiger partial charge in [0.25, 0.3) is 0 Å². The SMILES string of the molecule is CC(CCc1ccccc1)NC(=O)C1CCN(S(=O)(=O)/C=C/c2ccccc2)CC1. The molecule has 1 heterocycles. The molecule has 1 aliphatic heterocycles. The van der Waals surface area contributed by atoms with Gasteiger partial charge in [-0.15, -0.1) is 0 Å². The van der Waals surface area contributed by atoms with E-state index in [1.54, 1.807) is 6.08 Å². The number of benzene rings is 2. The number of nitrogens with one attached hydrogen (secondary N) is 1. The van der Waals surface area contributed by atoms with Gasteiger partial charge in [-0.3, -0.25) is 4.79 Å². The molecule has 0 spiro atoms. The number of nitrogens with zero attached hydrogens (tertiary/aromatic N) is 1. The summed E-state index contributed by atoms with van der Waals surface area (Å²) in [5.41, 5.74) is 2.11. The first-order chi connectivity index (χ1) is 14.4. The Balaban J connectivity index is 1.45. The molecule has 0 saturated carbocycles. The number of amides is 1. The van der Waals surface area contributed by atoms with Crippen molar-refractivity contribution in [2.45, 2.75) is 38.6 Å². The van der Waals surface area contributed by atoms with Crippen molar-refractivity contribution >= 4 is 22.0 Å². The van der Waals surface area contributed by atoms with Crippen molar-refractivity contribution in [3.63, 3.8) is 0 Å². The highest BCUT2D eigenvalue weighted by Gasteiger charge is 2.30. The van der Waals surface area contributed by atoms with Gasteiger partial charge in [0.05, 0.1) is 0 Å².